The Kier molecular flexibility index (Phi) is 2.97. The number of hydrogen-bond acceptors (Lipinski definition) is 3. The van der Waals surface area contributed by atoms with Gasteiger partial charge in [-0.25, -0.2) is 0 Å². The van der Waals surface area contributed by atoms with Crippen molar-refractivity contribution in [3.63, 3.8) is 0 Å². The molecule has 1 aromatic carbocycles. The summed E-state index contributed by atoms with van der Waals surface area (Å²) in [7, 11) is 0. The van der Waals surface area contributed by atoms with Gasteiger partial charge < -0.3 is 0 Å². The van der Waals surface area contributed by atoms with Gasteiger partial charge >= 0.3 is 0 Å². The van der Waals surface area contributed by atoms with E-state index >= 15 is 0 Å². The molecule has 0 amide bonds. The van der Waals surface area contributed by atoms with Gasteiger partial charge in [-0.1, -0.05) is 6.07 Å². The highest BCUT2D eigenvalue weighted by Crippen LogP contribution is 2.25. The Morgan fingerprint density at radius 3 is 2.89 bits per heavy atom. The van der Waals surface area contributed by atoms with E-state index in [2.05, 4.69) is 20.9 Å². The summed E-state index contributed by atoms with van der Waals surface area (Å²) in [5, 5.41) is 4.75. The summed E-state index contributed by atoms with van der Waals surface area (Å²) in [6, 6.07) is 9.41. The van der Waals surface area contributed by atoms with Crippen LogP contribution in [-0.4, -0.2) is 10.8 Å². The second-order valence-electron chi connectivity index (χ2n) is 3.87. The maximum absolute atomic E-state index is 12.3. The number of aromatic nitrogens is 1. The van der Waals surface area contributed by atoms with Crippen molar-refractivity contribution in [1.82, 2.24) is 4.98 Å². The van der Waals surface area contributed by atoms with Crippen molar-refractivity contribution in [2.75, 3.05) is 0 Å². The second-order valence-corrected chi connectivity index (χ2v) is 5.47. The number of halogens is 1. The predicted molar refractivity (Wildman–Crippen MR) is 77.2 cm³/mol. The maximum atomic E-state index is 12.3. The lowest BCUT2D eigenvalue weighted by Crippen LogP contribution is -2.00. The fourth-order valence-corrected chi connectivity index (χ4v) is 3.27. The van der Waals surface area contributed by atoms with Crippen LogP contribution in [0.4, 0.5) is 0 Å². The highest BCUT2D eigenvalue weighted by Gasteiger charge is 2.13. The van der Waals surface area contributed by atoms with Gasteiger partial charge in [0.05, 0.1) is 5.52 Å². The lowest BCUT2D eigenvalue weighted by Gasteiger charge is -2.02. The molecule has 0 N–H and O–H groups in total. The smallest absolute Gasteiger partial charge is 0.195 e. The molecule has 18 heavy (non-hydrogen) atoms. The van der Waals surface area contributed by atoms with Crippen LogP contribution in [-0.2, 0) is 0 Å². The normalized spacial score (nSPS) is 10.7. The zero-order valence-corrected chi connectivity index (χ0v) is 11.7. The SMILES string of the molecule is O=C(c1ccc2ncccc2c1)c1cscc1Br. The third kappa shape index (κ3) is 1.98. The first kappa shape index (κ1) is 11.6. The Morgan fingerprint density at radius 1 is 1.22 bits per heavy atom. The molecule has 2 heterocycles. The van der Waals surface area contributed by atoms with Gasteiger partial charge in [-0.15, -0.1) is 0 Å². The molecule has 0 atom stereocenters. The van der Waals surface area contributed by atoms with Crippen LogP contribution in [0.1, 0.15) is 15.9 Å². The molecule has 0 aliphatic heterocycles. The van der Waals surface area contributed by atoms with Gasteiger partial charge in [0.15, 0.2) is 5.78 Å². The van der Waals surface area contributed by atoms with Crippen molar-refractivity contribution in [2.45, 2.75) is 0 Å². The van der Waals surface area contributed by atoms with Gasteiger partial charge in [0.25, 0.3) is 0 Å². The highest BCUT2D eigenvalue weighted by atomic mass is 79.9. The number of carbonyl (C=O) groups excluding carboxylic acids is 1. The molecule has 3 rings (SSSR count). The number of rotatable bonds is 2. The van der Waals surface area contributed by atoms with Crippen LogP contribution in [0, 0.1) is 0 Å². The molecule has 0 unspecified atom stereocenters. The van der Waals surface area contributed by atoms with Crippen molar-refractivity contribution in [2.24, 2.45) is 0 Å². The zero-order chi connectivity index (χ0) is 12.5. The number of benzene rings is 1. The maximum Gasteiger partial charge on any atom is 0.195 e. The van der Waals surface area contributed by atoms with Crippen molar-refractivity contribution >= 4 is 44.0 Å². The summed E-state index contributed by atoms with van der Waals surface area (Å²) in [6.07, 6.45) is 1.75. The van der Waals surface area contributed by atoms with Crippen LogP contribution >= 0.6 is 27.3 Å². The summed E-state index contributed by atoms with van der Waals surface area (Å²) in [4.78, 5) is 16.6. The average molecular weight is 318 g/mol. The van der Waals surface area contributed by atoms with Crippen LogP contribution in [0.3, 0.4) is 0 Å². The van der Waals surface area contributed by atoms with Gasteiger partial charge in [0.2, 0.25) is 0 Å². The minimum Gasteiger partial charge on any atom is -0.289 e. The molecule has 0 radical (unpaired) electrons. The van der Waals surface area contributed by atoms with E-state index in [9.17, 15) is 4.79 Å². The average Bonchev–Trinajstić information content (AvgIpc) is 2.83. The molecule has 0 bridgehead atoms. The molecule has 0 saturated carbocycles. The first-order valence-corrected chi connectivity index (χ1v) is 7.10. The quantitative estimate of drug-likeness (QED) is 0.660. The molecule has 3 aromatic rings. The zero-order valence-electron chi connectivity index (χ0n) is 9.26. The molecule has 0 spiro atoms. The summed E-state index contributed by atoms with van der Waals surface area (Å²) in [5.41, 5.74) is 2.30. The van der Waals surface area contributed by atoms with Gasteiger partial charge in [-0.3, -0.25) is 9.78 Å². The summed E-state index contributed by atoms with van der Waals surface area (Å²) in [6.45, 7) is 0. The van der Waals surface area contributed by atoms with Gasteiger partial charge in [-0.2, -0.15) is 11.3 Å². The van der Waals surface area contributed by atoms with E-state index in [1.54, 1.807) is 6.20 Å². The fourth-order valence-electron chi connectivity index (χ4n) is 1.82. The Labute approximate surface area is 116 Å². The first-order valence-electron chi connectivity index (χ1n) is 5.37. The van der Waals surface area contributed by atoms with Crippen molar-refractivity contribution < 1.29 is 4.79 Å². The molecule has 4 heteroatoms. The van der Waals surface area contributed by atoms with Crippen LogP contribution in [0.2, 0.25) is 0 Å². The van der Waals surface area contributed by atoms with E-state index in [-0.39, 0.29) is 5.78 Å². The van der Waals surface area contributed by atoms with Crippen LogP contribution in [0.5, 0.6) is 0 Å². The molecule has 0 aliphatic carbocycles. The molecule has 0 saturated heterocycles. The molecule has 0 aliphatic rings. The Balaban J connectivity index is 2.10. The second kappa shape index (κ2) is 4.63. The van der Waals surface area contributed by atoms with E-state index in [0.717, 1.165) is 15.4 Å². The fraction of sp³-hybridized carbons (Fsp3) is 0. The third-order valence-corrected chi connectivity index (χ3v) is 4.43. The number of hydrogen-bond donors (Lipinski definition) is 0. The lowest BCUT2D eigenvalue weighted by molar-refractivity contribution is 0.103. The molecule has 2 nitrogen and oxygen atoms in total. The topological polar surface area (TPSA) is 30.0 Å². The summed E-state index contributed by atoms with van der Waals surface area (Å²) < 4.78 is 0.851. The Morgan fingerprint density at radius 2 is 2.11 bits per heavy atom. The largest absolute Gasteiger partial charge is 0.289 e. The Hall–Kier alpha value is -1.52. The van der Waals surface area contributed by atoms with E-state index < -0.39 is 0 Å². The van der Waals surface area contributed by atoms with Crippen LogP contribution in [0.15, 0.2) is 51.8 Å². The third-order valence-electron chi connectivity index (χ3n) is 2.72. The predicted octanol–water partition coefficient (Wildman–Crippen LogP) is 4.29. The van der Waals surface area contributed by atoms with Crippen LogP contribution < -0.4 is 0 Å². The van der Waals surface area contributed by atoms with E-state index in [0.29, 0.717) is 11.1 Å². The minimum absolute atomic E-state index is 0.0360. The lowest BCUT2D eigenvalue weighted by atomic mass is 10.0. The number of ketones is 1. The number of nitrogens with zero attached hydrogens (tertiary/aromatic N) is 1. The van der Waals surface area contributed by atoms with Crippen LogP contribution in [0.25, 0.3) is 10.9 Å². The number of fused-ring (bicyclic) bond motifs is 1. The molecule has 0 fully saturated rings. The number of thiophene rings is 1. The standard InChI is InChI=1S/C14H8BrNOS/c15-12-8-18-7-11(12)14(17)10-3-4-13-9(6-10)2-1-5-16-13/h1-8H. The van der Waals surface area contributed by atoms with E-state index in [1.807, 2.05) is 41.1 Å². The monoisotopic (exact) mass is 317 g/mol. The van der Waals surface area contributed by atoms with Crippen molar-refractivity contribution in [1.29, 1.82) is 0 Å². The number of carbonyl (C=O) groups is 1. The Bertz CT molecular complexity index is 735. The van der Waals surface area contributed by atoms with Crippen molar-refractivity contribution in [3.05, 3.63) is 62.9 Å². The minimum atomic E-state index is 0.0360. The summed E-state index contributed by atoms with van der Waals surface area (Å²) in [5.74, 6) is 0.0360. The molecule has 2 aromatic heterocycles. The molecular weight excluding hydrogens is 310 g/mol. The molecule has 88 valence electrons. The summed E-state index contributed by atoms with van der Waals surface area (Å²) >= 11 is 4.90. The molecular formula is C14H8BrNOS. The van der Waals surface area contributed by atoms with E-state index in [4.69, 9.17) is 0 Å². The first-order chi connectivity index (χ1) is 8.75. The van der Waals surface area contributed by atoms with Gasteiger partial charge in [0.1, 0.15) is 0 Å². The van der Waals surface area contributed by atoms with Gasteiger partial charge in [-0.05, 0) is 40.2 Å². The highest BCUT2D eigenvalue weighted by molar-refractivity contribution is 9.10. The number of pyridine rings is 1. The van der Waals surface area contributed by atoms with Gasteiger partial charge in [0, 0.05) is 37.9 Å². The van der Waals surface area contributed by atoms with Crippen molar-refractivity contribution in [3.8, 4) is 0 Å². The van der Waals surface area contributed by atoms with E-state index in [1.165, 1.54) is 11.3 Å².